The highest BCUT2D eigenvalue weighted by molar-refractivity contribution is 6.19. The SMILES string of the molecule is CC/C(=C\C1CCCC(C)C1)CCl. The molecule has 1 aliphatic carbocycles. The van der Waals surface area contributed by atoms with Crippen molar-refractivity contribution in [1.29, 1.82) is 0 Å². The lowest BCUT2D eigenvalue weighted by Gasteiger charge is -2.24. The Balaban J connectivity index is 2.46. The van der Waals surface area contributed by atoms with E-state index in [1.807, 2.05) is 0 Å². The summed E-state index contributed by atoms with van der Waals surface area (Å²) >= 11 is 5.86. The van der Waals surface area contributed by atoms with E-state index >= 15 is 0 Å². The van der Waals surface area contributed by atoms with Crippen LogP contribution in [-0.4, -0.2) is 5.88 Å². The van der Waals surface area contributed by atoms with E-state index in [2.05, 4.69) is 19.9 Å². The number of hydrogen-bond donors (Lipinski definition) is 0. The van der Waals surface area contributed by atoms with Gasteiger partial charge in [-0.15, -0.1) is 11.6 Å². The van der Waals surface area contributed by atoms with Crippen LogP contribution in [0.3, 0.4) is 0 Å². The molecule has 76 valence electrons. The molecule has 0 aromatic rings. The van der Waals surface area contributed by atoms with Gasteiger partial charge in [0.2, 0.25) is 0 Å². The van der Waals surface area contributed by atoms with Gasteiger partial charge in [-0.1, -0.05) is 38.3 Å². The Bertz CT molecular complexity index is 166. The number of alkyl halides is 1. The lowest BCUT2D eigenvalue weighted by Crippen LogP contribution is -2.11. The first-order chi connectivity index (χ1) is 6.26. The third-order valence-electron chi connectivity index (χ3n) is 3.07. The number of rotatable bonds is 3. The third-order valence-corrected chi connectivity index (χ3v) is 3.42. The van der Waals surface area contributed by atoms with Crippen LogP contribution >= 0.6 is 11.6 Å². The van der Waals surface area contributed by atoms with E-state index in [1.54, 1.807) is 0 Å². The standard InChI is InChI=1S/C12H21Cl/c1-3-11(9-13)8-12-6-4-5-10(2)7-12/h8,10,12H,3-7,9H2,1-2H3/b11-8+. The molecule has 0 aromatic carbocycles. The first-order valence-corrected chi connectivity index (χ1v) is 6.05. The Morgan fingerprint density at radius 3 is 2.77 bits per heavy atom. The van der Waals surface area contributed by atoms with E-state index in [1.165, 1.54) is 31.3 Å². The van der Waals surface area contributed by atoms with Crippen molar-refractivity contribution in [3.05, 3.63) is 11.6 Å². The highest BCUT2D eigenvalue weighted by Gasteiger charge is 2.16. The van der Waals surface area contributed by atoms with E-state index in [0.717, 1.165) is 24.1 Å². The van der Waals surface area contributed by atoms with Gasteiger partial charge in [0.25, 0.3) is 0 Å². The zero-order valence-electron chi connectivity index (χ0n) is 8.85. The van der Waals surface area contributed by atoms with Gasteiger partial charge in [-0.05, 0) is 31.1 Å². The number of allylic oxidation sites excluding steroid dienone is 2. The molecule has 1 saturated carbocycles. The molecule has 0 spiro atoms. The van der Waals surface area contributed by atoms with E-state index in [-0.39, 0.29) is 0 Å². The van der Waals surface area contributed by atoms with Gasteiger partial charge in [0.05, 0.1) is 0 Å². The summed E-state index contributed by atoms with van der Waals surface area (Å²) in [6, 6.07) is 0. The molecule has 1 heteroatoms. The van der Waals surface area contributed by atoms with Crippen LogP contribution in [0.25, 0.3) is 0 Å². The maximum atomic E-state index is 5.86. The summed E-state index contributed by atoms with van der Waals surface area (Å²) in [5, 5.41) is 0. The summed E-state index contributed by atoms with van der Waals surface area (Å²) in [6.45, 7) is 4.56. The van der Waals surface area contributed by atoms with E-state index < -0.39 is 0 Å². The molecule has 0 aromatic heterocycles. The van der Waals surface area contributed by atoms with Crippen LogP contribution in [0.15, 0.2) is 11.6 Å². The summed E-state index contributed by atoms with van der Waals surface area (Å²) in [5.74, 6) is 2.46. The average Bonchev–Trinajstić information content (AvgIpc) is 2.14. The molecule has 0 saturated heterocycles. The summed E-state index contributed by atoms with van der Waals surface area (Å²) in [7, 11) is 0. The van der Waals surface area contributed by atoms with Gasteiger partial charge < -0.3 is 0 Å². The van der Waals surface area contributed by atoms with Crippen molar-refractivity contribution in [1.82, 2.24) is 0 Å². The second-order valence-electron chi connectivity index (χ2n) is 4.34. The van der Waals surface area contributed by atoms with Gasteiger partial charge in [0.15, 0.2) is 0 Å². The monoisotopic (exact) mass is 200 g/mol. The van der Waals surface area contributed by atoms with E-state index in [4.69, 9.17) is 11.6 Å². The van der Waals surface area contributed by atoms with E-state index in [0.29, 0.717) is 0 Å². The third kappa shape index (κ3) is 3.72. The van der Waals surface area contributed by atoms with Gasteiger partial charge >= 0.3 is 0 Å². The molecule has 1 fully saturated rings. The van der Waals surface area contributed by atoms with Crippen LogP contribution < -0.4 is 0 Å². The highest BCUT2D eigenvalue weighted by atomic mass is 35.5. The van der Waals surface area contributed by atoms with Gasteiger partial charge in [0, 0.05) is 5.88 Å². The fraction of sp³-hybridized carbons (Fsp3) is 0.833. The fourth-order valence-corrected chi connectivity index (χ4v) is 2.50. The maximum absolute atomic E-state index is 5.86. The molecule has 0 nitrogen and oxygen atoms in total. The quantitative estimate of drug-likeness (QED) is 0.468. The van der Waals surface area contributed by atoms with Crippen molar-refractivity contribution in [2.75, 3.05) is 5.88 Å². The highest BCUT2D eigenvalue weighted by Crippen LogP contribution is 2.30. The van der Waals surface area contributed by atoms with Gasteiger partial charge in [-0.2, -0.15) is 0 Å². The van der Waals surface area contributed by atoms with Crippen molar-refractivity contribution >= 4 is 11.6 Å². The molecule has 0 N–H and O–H groups in total. The number of halogens is 1. The molecule has 0 bridgehead atoms. The minimum absolute atomic E-state index is 0.724. The van der Waals surface area contributed by atoms with Crippen molar-refractivity contribution < 1.29 is 0 Å². The molecule has 0 aliphatic heterocycles. The normalized spacial score (nSPS) is 30.5. The predicted octanol–water partition coefficient (Wildman–Crippen LogP) is 4.39. The molecule has 13 heavy (non-hydrogen) atoms. The molecule has 0 amide bonds. The summed E-state index contributed by atoms with van der Waals surface area (Å²) in [4.78, 5) is 0. The Labute approximate surface area is 87.4 Å². The van der Waals surface area contributed by atoms with Crippen LogP contribution in [0, 0.1) is 11.8 Å². The van der Waals surface area contributed by atoms with Crippen molar-refractivity contribution in [2.45, 2.75) is 46.0 Å². The Morgan fingerprint density at radius 1 is 1.46 bits per heavy atom. The topological polar surface area (TPSA) is 0 Å². The van der Waals surface area contributed by atoms with Gasteiger partial charge in [-0.3, -0.25) is 0 Å². The Hall–Kier alpha value is 0.0300. The first kappa shape index (κ1) is 11.1. The Morgan fingerprint density at radius 2 is 2.23 bits per heavy atom. The number of hydrogen-bond acceptors (Lipinski definition) is 0. The second kappa shape index (κ2) is 5.70. The minimum atomic E-state index is 0.724. The summed E-state index contributed by atoms with van der Waals surface area (Å²) in [5.41, 5.74) is 1.43. The zero-order valence-corrected chi connectivity index (χ0v) is 9.61. The minimum Gasteiger partial charge on any atom is -0.122 e. The van der Waals surface area contributed by atoms with Crippen molar-refractivity contribution in [2.24, 2.45) is 11.8 Å². The van der Waals surface area contributed by atoms with Gasteiger partial charge in [-0.25, -0.2) is 0 Å². The maximum Gasteiger partial charge on any atom is 0.0433 e. The van der Waals surface area contributed by atoms with E-state index in [9.17, 15) is 0 Å². The largest absolute Gasteiger partial charge is 0.122 e. The molecular weight excluding hydrogens is 180 g/mol. The molecule has 0 radical (unpaired) electrons. The average molecular weight is 201 g/mol. The van der Waals surface area contributed by atoms with Crippen LogP contribution in [0.1, 0.15) is 46.0 Å². The van der Waals surface area contributed by atoms with Gasteiger partial charge in [0.1, 0.15) is 0 Å². The zero-order chi connectivity index (χ0) is 9.68. The molecule has 1 aliphatic rings. The molecular formula is C12H21Cl. The summed E-state index contributed by atoms with van der Waals surface area (Å²) < 4.78 is 0. The molecule has 2 unspecified atom stereocenters. The van der Waals surface area contributed by atoms with Crippen molar-refractivity contribution in [3.63, 3.8) is 0 Å². The molecule has 0 heterocycles. The fourth-order valence-electron chi connectivity index (χ4n) is 2.22. The smallest absolute Gasteiger partial charge is 0.0433 e. The van der Waals surface area contributed by atoms with Crippen molar-refractivity contribution in [3.8, 4) is 0 Å². The lowest BCUT2D eigenvalue weighted by molar-refractivity contribution is 0.324. The first-order valence-electron chi connectivity index (χ1n) is 5.51. The second-order valence-corrected chi connectivity index (χ2v) is 4.61. The van der Waals surface area contributed by atoms with Crippen LogP contribution in [0.4, 0.5) is 0 Å². The Kier molecular flexibility index (Phi) is 4.87. The predicted molar refractivity (Wildman–Crippen MR) is 60.2 cm³/mol. The molecule has 1 rings (SSSR count). The van der Waals surface area contributed by atoms with Crippen LogP contribution in [0.2, 0.25) is 0 Å². The summed E-state index contributed by atoms with van der Waals surface area (Å²) in [6.07, 6.45) is 9.14. The lowest BCUT2D eigenvalue weighted by atomic mass is 9.81. The van der Waals surface area contributed by atoms with Crippen LogP contribution in [0.5, 0.6) is 0 Å². The molecule has 2 atom stereocenters. The van der Waals surface area contributed by atoms with Crippen LogP contribution in [-0.2, 0) is 0 Å².